The van der Waals surface area contributed by atoms with Gasteiger partial charge >= 0.3 is 0 Å². The smallest absolute Gasteiger partial charge is 0.172 e. The number of hydrogen-bond donors (Lipinski definition) is 0. The van der Waals surface area contributed by atoms with Gasteiger partial charge in [-0.3, -0.25) is 9.59 Å². The molecule has 0 heterocycles. The second-order valence-electron chi connectivity index (χ2n) is 8.72. The van der Waals surface area contributed by atoms with Crippen LogP contribution in [-0.2, 0) is 14.3 Å². The Kier molecular flexibility index (Phi) is 5.46. The van der Waals surface area contributed by atoms with Crippen LogP contribution in [0, 0.1) is 22.7 Å². The molecule has 0 aliphatic heterocycles. The van der Waals surface area contributed by atoms with Gasteiger partial charge in [0.2, 0.25) is 0 Å². The minimum Gasteiger partial charge on any atom is -0.500 e. The number of rotatable bonds is 5. The molecule has 1 fully saturated rings. The molecule has 2 aliphatic rings. The molecule has 2 unspecified atom stereocenters. The van der Waals surface area contributed by atoms with E-state index in [1.807, 2.05) is 19.9 Å². The number of ketones is 2. The van der Waals surface area contributed by atoms with Gasteiger partial charge in [0.25, 0.3) is 0 Å². The summed E-state index contributed by atoms with van der Waals surface area (Å²) in [5.41, 5.74) is 1.25. The Balaban J connectivity index is 2.57. The lowest BCUT2D eigenvalue weighted by atomic mass is 9.48. The molecule has 3 heteroatoms. The predicted octanol–water partition coefficient (Wildman–Crippen LogP) is 5.03. The molecule has 3 atom stereocenters. The van der Waals surface area contributed by atoms with Gasteiger partial charge in [-0.2, -0.15) is 0 Å². The Morgan fingerprint density at radius 3 is 2.28 bits per heavy atom. The summed E-state index contributed by atoms with van der Waals surface area (Å²) in [7, 11) is 1.56. The van der Waals surface area contributed by atoms with E-state index in [0.717, 1.165) is 12.0 Å². The third kappa shape index (κ3) is 3.38. The van der Waals surface area contributed by atoms with Crippen LogP contribution in [0.15, 0.2) is 35.1 Å². The molecule has 0 amide bonds. The van der Waals surface area contributed by atoms with E-state index < -0.39 is 5.41 Å². The molecular formula is C22H32O3. The SMILES string of the molecule is COC1=CC(=O)C2(CC=C(C)C)CC(CC=C(C)C)C(C)(C)[C@H]1C2=O. The summed E-state index contributed by atoms with van der Waals surface area (Å²) < 4.78 is 5.49. The van der Waals surface area contributed by atoms with Crippen LogP contribution >= 0.6 is 0 Å². The lowest BCUT2D eigenvalue weighted by molar-refractivity contribution is -0.156. The van der Waals surface area contributed by atoms with Crippen LogP contribution < -0.4 is 0 Å². The van der Waals surface area contributed by atoms with Crippen molar-refractivity contribution in [2.45, 2.75) is 60.8 Å². The van der Waals surface area contributed by atoms with Gasteiger partial charge in [0.15, 0.2) is 11.6 Å². The number of methoxy groups -OCH3 is 1. The molecule has 3 nitrogen and oxygen atoms in total. The van der Waals surface area contributed by atoms with Gasteiger partial charge in [0.05, 0.1) is 18.4 Å². The normalized spacial score (nSPS) is 30.4. The number of hydrogen-bond acceptors (Lipinski definition) is 3. The molecule has 2 rings (SSSR count). The zero-order chi connectivity index (χ0) is 19.0. The summed E-state index contributed by atoms with van der Waals surface area (Å²) in [6, 6.07) is 0. The first-order valence-electron chi connectivity index (χ1n) is 9.17. The first kappa shape index (κ1) is 19.7. The van der Waals surface area contributed by atoms with Crippen LogP contribution in [0.1, 0.15) is 60.8 Å². The van der Waals surface area contributed by atoms with E-state index in [9.17, 15) is 9.59 Å². The molecule has 138 valence electrons. The van der Waals surface area contributed by atoms with Crippen LogP contribution in [0.3, 0.4) is 0 Å². The highest BCUT2D eigenvalue weighted by Crippen LogP contribution is 2.58. The van der Waals surface area contributed by atoms with Crippen molar-refractivity contribution in [3.8, 4) is 0 Å². The molecule has 0 aromatic heterocycles. The molecule has 0 aromatic rings. The fourth-order valence-corrected chi connectivity index (χ4v) is 4.31. The van der Waals surface area contributed by atoms with Crippen LogP contribution in [-0.4, -0.2) is 18.7 Å². The molecule has 0 aromatic carbocycles. The number of fused-ring (bicyclic) bond motifs is 2. The van der Waals surface area contributed by atoms with E-state index in [2.05, 4.69) is 33.8 Å². The minimum absolute atomic E-state index is 0.0489. The number of ether oxygens (including phenoxy) is 1. The summed E-state index contributed by atoms with van der Waals surface area (Å²) >= 11 is 0. The van der Waals surface area contributed by atoms with Crippen molar-refractivity contribution in [3.63, 3.8) is 0 Å². The molecule has 0 N–H and O–H groups in total. The highest BCUT2D eigenvalue weighted by molar-refractivity contribution is 6.16. The van der Waals surface area contributed by atoms with Crippen LogP contribution in [0.2, 0.25) is 0 Å². The van der Waals surface area contributed by atoms with Gasteiger partial charge in [-0.1, -0.05) is 37.1 Å². The zero-order valence-electron chi connectivity index (χ0n) is 16.7. The lowest BCUT2D eigenvalue weighted by Crippen LogP contribution is -2.58. The first-order valence-corrected chi connectivity index (χ1v) is 9.17. The summed E-state index contributed by atoms with van der Waals surface area (Å²) in [6.45, 7) is 12.5. The topological polar surface area (TPSA) is 43.4 Å². The number of Topliss-reactive ketones (excluding diaryl/α,β-unsaturated/α-hetero) is 1. The Morgan fingerprint density at radius 1 is 1.16 bits per heavy atom. The van der Waals surface area contributed by atoms with Crippen molar-refractivity contribution in [3.05, 3.63) is 35.1 Å². The molecule has 2 bridgehead atoms. The fourth-order valence-electron chi connectivity index (χ4n) is 4.31. The molecule has 0 spiro atoms. The van der Waals surface area contributed by atoms with Crippen molar-refractivity contribution in [2.24, 2.45) is 22.7 Å². The summed E-state index contributed by atoms with van der Waals surface area (Å²) in [5, 5.41) is 0. The maximum Gasteiger partial charge on any atom is 0.172 e. The van der Waals surface area contributed by atoms with Crippen molar-refractivity contribution >= 4 is 11.6 Å². The third-order valence-electron chi connectivity index (χ3n) is 6.06. The minimum atomic E-state index is -0.917. The Labute approximate surface area is 152 Å². The molecule has 0 saturated heterocycles. The lowest BCUT2D eigenvalue weighted by Gasteiger charge is -2.53. The summed E-state index contributed by atoms with van der Waals surface area (Å²) in [6.07, 6.45) is 7.86. The standard InChI is InChI=1S/C22H32O3/c1-14(2)8-9-16-13-22(11-10-15(3)4)18(23)12-17(25-7)19(20(22)24)21(16,5)6/h8,10,12,16,19H,9,11,13H2,1-7H3/t16?,19-,22?/m1/s1. The second kappa shape index (κ2) is 6.93. The number of carbonyl (C=O) groups excluding carboxylic acids is 2. The van der Waals surface area contributed by atoms with Gasteiger partial charge in [0, 0.05) is 6.08 Å². The molecule has 25 heavy (non-hydrogen) atoms. The van der Waals surface area contributed by atoms with Crippen molar-refractivity contribution in [2.75, 3.05) is 7.11 Å². The van der Waals surface area contributed by atoms with Gasteiger partial charge < -0.3 is 4.74 Å². The molecular weight excluding hydrogens is 312 g/mol. The predicted molar refractivity (Wildman–Crippen MR) is 101 cm³/mol. The zero-order valence-corrected chi connectivity index (χ0v) is 16.7. The average molecular weight is 344 g/mol. The summed E-state index contributed by atoms with van der Waals surface area (Å²) in [4.78, 5) is 26.4. The highest BCUT2D eigenvalue weighted by atomic mass is 16.5. The van der Waals surface area contributed by atoms with E-state index in [-0.39, 0.29) is 28.8 Å². The number of allylic oxidation sites excluding steroid dienone is 6. The first-order chi connectivity index (χ1) is 11.6. The van der Waals surface area contributed by atoms with Gasteiger partial charge in [-0.05, 0) is 58.3 Å². The molecule has 0 radical (unpaired) electrons. The van der Waals surface area contributed by atoms with Gasteiger partial charge in [0.1, 0.15) is 5.76 Å². The number of carbonyl (C=O) groups is 2. The maximum atomic E-state index is 13.4. The van der Waals surface area contributed by atoms with Gasteiger partial charge in [-0.25, -0.2) is 0 Å². The molecule has 2 aliphatic carbocycles. The highest BCUT2D eigenvalue weighted by Gasteiger charge is 2.62. The Morgan fingerprint density at radius 2 is 1.76 bits per heavy atom. The van der Waals surface area contributed by atoms with E-state index >= 15 is 0 Å². The Bertz CT molecular complexity index is 655. The van der Waals surface area contributed by atoms with E-state index in [0.29, 0.717) is 18.6 Å². The quantitative estimate of drug-likeness (QED) is 0.519. The van der Waals surface area contributed by atoms with Crippen molar-refractivity contribution in [1.29, 1.82) is 0 Å². The van der Waals surface area contributed by atoms with Crippen LogP contribution in [0.4, 0.5) is 0 Å². The van der Waals surface area contributed by atoms with Crippen molar-refractivity contribution < 1.29 is 14.3 Å². The summed E-state index contributed by atoms with van der Waals surface area (Å²) in [5.74, 6) is 0.423. The van der Waals surface area contributed by atoms with Crippen molar-refractivity contribution in [1.82, 2.24) is 0 Å². The van der Waals surface area contributed by atoms with Crippen LogP contribution in [0.5, 0.6) is 0 Å². The monoisotopic (exact) mass is 344 g/mol. The molecule has 1 saturated carbocycles. The third-order valence-corrected chi connectivity index (χ3v) is 6.06. The van der Waals surface area contributed by atoms with E-state index in [1.165, 1.54) is 5.57 Å². The van der Waals surface area contributed by atoms with E-state index in [4.69, 9.17) is 4.74 Å². The van der Waals surface area contributed by atoms with Crippen LogP contribution in [0.25, 0.3) is 0 Å². The maximum absolute atomic E-state index is 13.4. The van der Waals surface area contributed by atoms with E-state index in [1.54, 1.807) is 13.2 Å². The second-order valence-corrected chi connectivity index (χ2v) is 8.72. The largest absolute Gasteiger partial charge is 0.500 e. The average Bonchev–Trinajstić information content (AvgIpc) is 2.50. The Hall–Kier alpha value is -1.64. The van der Waals surface area contributed by atoms with Gasteiger partial charge in [-0.15, -0.1) is 0 Å². The fraction of sp³-hybridized carbons (Fsp3) is 0.636.